The Balaban J connectivity index is 1.29. The average molecular weight is 443 g/mol. The minimum Gasteiger partial charge on any atom is -0.480 e. The third kappa shape index (κ3) is 4.62. The van der Waals surface area contributed by atoms with Crippen molar-refractivity contribution in [3.8, 4) is 17.4 Å². The van der Waals surface area contributed by atoms with Crippen LogP contribution in [0.15, 0.2) is 67.1 Å². The molecule has 4 aromatic rings. The van der Waals surface area contributed by atoms with Crippen LogP contribution < -0.4 is 20.1 Å². The topological polar surface area (TPSA) is 107 Å². The molecule has 0 atom stereocenters. The maximum Gasteiger partial charge on any atom is 0.261 e. The van der Waals surface area contributed by atoms with Crippen LogP contribution in [0.5, 0.6) is 17.4 Å². The highest BCUT2D eigenvalue weighted by Gasteiger charge is 2.30. The Morgan fingerprint density at radius 1 is 1.03 bits per heavy atom. The van der Waals surface area contributed by atoms with Crippen molar-refractivity contribution in [1.82, 2.24) is 14.4 Å². The maximum atomic E-state index is 12.6. The van der Waals surface area contributed by atoms with Crippen molar-refractivity contribution in [2.45, 2.75) is 12.8 Å². The number of benzene rings is 1. The number of fused-ring (bicyclic) bond motifs is 1. The lowest BCUT2D eigenvalue weighted by molar-refractivity contribution is -0.117. The van der Waals surface area contributed by atoms with Gasteiger partial charge in [-0.1, -0.05) is 6.07 Å². The van der Waals surface area contributed by atoms with Crippen LogP contribution in [0.25, 0.3) is 5.65 Å². The molecular weight excluding hydrogens is 422 g/mol. The molecule has 5 rings (SSSR count). The van der Waals surface area contributed by atoms with Crippen LogP contribution in [0.4, 0.5) is 11.5 Å². The average Bonchev–Trinajstić information content (AvgIpc) is 3.60. The molecule has 1 fully saturated rings. The van der Waals surface area contributed by atoms with E-state index in [4.69, 9.17) is 9.47 Å². The third-order valence-electron chi connectivity index (χ3n) is 5.16. The number of aromatic nitrogens is 3. The fourth-order valence-electron chi connectivity index (χ4n) is 3.36. The highest BCUT2D eigenvalue weighted by atomic mass is 16.5. The normalized spacial score (nSPS) is 12.9. The Hall–Kier alpha value is -4.40. The van der Waals surface area contributed by atoms with Gasteiger partial charge in [0.2, 0.25) is 11.8 Å². The van der Waals surface area contributed by atoms with Gasteiger partial charge in [0.15, 0.2) is 5.82 Å². The summed E-state index contributed by atoms with van der Waals surface area (Å²) in [5.41, 5.74) is 1.60. The molecule has 1 aliphatic rings. The van der Waals surface area contributed by atoms with Gasteiger partial charge in [-0.05, 0) is 49.2 Å². The van der Waals surface area contributed by atoms with Crippen LogP contribution in [0, 0.1) is 5.92 Å². The number of anilines is 2. The molecule has 0 radical (unpaired) electrons. The molecule has 166 valence electrons. The van der Waals surface area contributed by atoms with Crippen molar-refractivity contribution < 1.29 is 19.1 Å². The number of hydrogen-bond acceptors (Lipinski definition) is 6. The number of rotatable bonds is 7. The van der Waals surface area contributed by atoms with E-state index < -0.39 is 0 Å². The number of methoxy groups -OCH3 is 1. The standard InChI is InChI=1S/C24H21N5O4/c1-32-24-19(6-3-11-25-24)23(31)26-16-4-2-5-17(12-16)33-18-9-10-21-27-20(14-29(21)13-18)28-22(30)15-7-8-15/h2-6,9-15H,7-8H2,1H3,(H,26,31)(H,28,30). The SMILES string of the molecule is COc1ncccc1C(=O)Nc1cccc(Oc2ccc3nc(NC(=O)C4CC4)cn3c2)c1. The Morgan fingerprint density at radius 2 is 1.91 bits per heavy atom. The van der Waals surface area contributed by atoms with Crippen LogP contribution in [-0.4, -0.2) is 33.3 Å². The smallest absolute Gasteiger partial charge is 0.261 e. The number of ether oxygens (including phenoxy) is 2. The molecule has 0 spiro atoms. The zero-order valence-electron chi connectivity index (χ0n) is 17.8. The summed E-state index contributed by atoms with van der Waals surface area (Å²) in [6, 6.07) is 14.0. The number of carbonyl (C=O) groups is 2. The van der Waals surface area contributed by atoms with E-state index in [1.807, 2.05) is 6.07 Å². The molecule has 9 heteroatoms. The van der Waals surface area contributed by atoms with Gasteiger partial charge in [-0.3, -0.25) is 9.59 Å². The van der Waals surface area contributed by atoms with E-state index in [1.54, 1.807) is 65.5 Å². The summed E-state index contributed by atoms with van der Waals surface area (Å²) in [5, 5.41) is 5.67. The first kappa shape index (κ1) is 20.5. The number of nitrogens with one attached hydrogen (secondary N) is 2. The minimum absolute atomic E-state index is 0.0117. The second-order valence-electron chi connectivity index (χ2n) is 7.66. The van der Waals surface area contributed by atoms with Crippen LogP contribution in [0.2, 0.25) is 0 Å². The van der Waals surface area contributed by atoms with E-state index >= 15 is 0 Å². The van der Waals surface area contributed by atoms with Gasteiger partial charge in [-0.15, -0.1) is 0 Å². The highest BCUT2D eigenvalue weighted by molar-refractivity contribution is 6.05. The molecule has 0 unspecified atom stereocenters. The highest BCUT2D eigenvalue weighted by Crippen LogP contribution is 2.30. The Kier molecular flexibility index (Phi) is 5.35. The Bertz CT molecular complexity index is 1350. The van der Waals surface area contributed by atoms with E-state index in [-0.39, 0.29) is 23.6 Å². The fourth-order valence-corrected chi connectivity index (χ4v) is 3.36. The first-order valence-corrected chi connectivity index (χ1v) is 10.5. The van der Waals surface area contributed by atoms with Gasteiger partial charge in [0.25, 0.3) is 5.91 Å². The summed E-state index contributed by atoms with van der Waals surface area (Å²) in [6.45, 7) is 0. The molecule has 0 saturated heterocycles. The molecule has 3 heterocycles. The molecule has 0 aliphatic heterocycles. The van der Waals surface area contributed by atoms with Crippen molar-refractivity contribution in [1.29, 1.82) is 0 Å². The predicted octanol–water partition coefficient (Wildman–Crippen LogP) is 4.13. The monoisotopic (exact) mass is 443 g/mol. The van der Waals surface area contributed by atoms with Gasteiger partial charge in [0.05, 0.1) is 19.5 Å². The zero-order chi connectivity index (χ0) is 22.8. The van der Waals surface area contributed by atoms with Crippen LogP contribution >= 0.6 is 0 Å². The number of nitrogens with zero attached hydrogens (tertiary/aromatic N) is 3. The van der Waals surface area contributed by atoms with E-state index in [0.29, 0.717) is 34.2 Å². The molecule has 2 amide bonds. The van der Waals surface area contributed by atoms with Crippen molar-refractivity contribution in [2.24, 2.45) is 5.92 Å². The molecule has 0 bridgehead atoms. The number of hydrogen-bond donors (Lipinski definition) is 2. The first-order chi connectivity index (χ1) is 16.1. The molecule has 1 aromatic carbocycles. The van der Waals surface area contributed by atoms with E-state index in [1.165, 1.54) is 7.11 Å². The summed E-state index contributed by atoms with van der Waals surface area (Å²) >= 11 is 0. The fraction of sp³-hybridized carbons (Fsp3) is 0.167. The number of pyridine rings is 2. The number of carbonyl (C=O) groups excluding carboxylic acids is 2. The van der Waals surface area contributed by atoms with Crippen LogP contribution in [0.3, 0.4) is 0 Å². The Morgan fingerprint density at radius 3 is 2.73 bits per heavy atom. The van der Waals surface area contributed by atoms with Crippen molar-refractivity contribution in [3.63, 3.8) is 0 Å². The minimum atomic E-state index is -0.335. The van der Waals surface area contributed by atoms with Crippen molar-refractivity contribution >= 4 is 29.0 Å². The summed E-state index contributed by atoms with van der Waals surface area (Å²) < 4.78 is 12.9. The van der Waals surface area contributed by atoms with Gasteiger partial charge < -0.3 is 24.5 Å². The lowest BCUT2D eigenvalue weighted by atomic mass is 10.2. The molecule has 33 heavy (non-hydrogen) atoms. The lowest BCUT2D eigenvalue weighted by Crippen LogP contribution is -2.13. The molecule has 9 nitrogen and oxygen atoms in total. The molecular formula is C24H21N5O4. The van der Waals surface area contributed by atoms with Gasteiger partial charge in [-0.25, -0.2) is 9.97 Å². The number of amides is 2. The van der Waals surface area contributed by atoms with Gasteiger partial charge in [0.1, 0.15) is 22.7 Å². The maximum absolute atomic E-state index is 12.6. The van der Waals surface area contributed by atoms with Gasteiger partial charge in [-0.2, -0.15) is 0 Å². The van der Waals surface area contributed by atoms with Gasteiger partial charge >= 0.3 is 0 Å². The second-order valence-corrected chi connectivity index (χ2v) is 7.66. The zero-order valence-corrected chi connectivity index (χ0v) is 17.8. The van der Waals surface area contributed by atoms with Crippen molar-refractivity contribution in [3.05, 3.63) is 72.7 Å². The van der Waals surface area contributed by atoms with E-state index in [2.05, 4.69) is 20.6 Å². The number of imidazole rings is 1. The Labute approximate surface area is 189 Å². The molecule has 3 aromatic heterocycles. The summed E-state index contributed by atoms with van der Waals surface area (Å²) in [5.74, 6) is 1.68. The summed E-state index contributed by atoms with van der Waals surface area (Å²) in [4.78, 5) is 33.1. The lowest BCUT2D eigenvalue weighted by Gasteiger charge is -2.10. The first-order valence-electron chi connectivity index (χ1n) is 10.5. The predicted molar refractivity (Wildman–Crippen MR) is 122 cm³/mol. The van der Waals surface area contributed by atoms with Crippen LogP contribution in [0.1, 0.15) is 23.2 Å². The van der Waals surface area contributed by atoms with E-state index in [0.717, 1.165) is 12.8 Å². The summed E-state index contributed by atoms with van der Waals surface area (Å²) in [7, 11) is 1.47. The van der Waals surface area contributed by atoms with Gasteiger partial charge in [0, 0.05) is 23.9 Å². The molecule has 2 N–H and O–H groups in total. The van der Waals surface area contributed by atoms with E-state index in [9.17, 15) is 9.59 Å². The quantitative estimate of drug-likeness (QED) is 0.445. The summed E-state index contributed by atoms with van der Waals surface area (Å²) in [6.07, 6.45) is 6.96. The third-order valence-corrected chi connectivity index (χ3v) is 5.16. The molecule has 1 saturated carbocycles. The largest absolute Gasteiger partial charge is 0.480 e. The molecule has 1 aliphatic carbocycles. The van der Waals surface area contributed by atoms with Crippen LogP contribution in [-0.2, 0) is 4.79 Å². The van der Waals surface area contributed by atoms with Crippen molar-refractivity contribution in [2.75, 3.05) is 17.7 Å². The second kappa shape index (κ2) is 8.62.